The number of rotatable bonds is 4. The smallest absolute Gasteiger partial charge is 0.189 e. The Morgan fingerprint density at radius 3 is 2.93 bits per heavy atom. The maximum absolute atomic E-state index is 12.5. The number of allylic oxidation sites excluding steroid dienone is 1. The summed E-state index contributed by atoms with van der Waals surface area (Å²) in [6, 6.07) is 12.2. The zero-order valence-electron chi connectivity index (χ0n) is 14.1. The van der Waals surface area contributed by atoms with Crippen molar-refractivity contribution in [2.45, 2.75) is 0 Å². The van der Waals surface area contributed by atoms with E-state index in [-0.39, 0.29) is 17.1 Å². The molecule has 2 aromatic heterocycles. The van der Waals surface area contributed by atoms with Gasteiger partial charge in [-0.05, 0) is 59.0 Å². The van der Waals surface area contributed by atoms with Crippen LogP contribution in [0.2, 0.25) is 0 Å². The molecule has 27 heavy (non-hydrogen) atoms. The van der Waals surface area contributed by atoms with Gasteiger partial charge >= 0.3 is 0 Å². The summed E-state index contributed by atoms with van der Waals surface area (Å²) in [5.74, 6) is 0.261. The van der Waals surface area contributed by atoms with E-state index in [1.165, 1.54) is 12.1 Å². The molecule has 2 heterocycles. The van der Waals surface area contributed by atoms with Crippen molar-refractivity contribution in [1.29, 1.82) is 0 Å². The SMILES string of the molecule is COc1cccc2c1cc(/C=C/C(=O)c1cc(Br)ccc1O)c1nnnn12. The van der Waals surface area contributed by atoms with Gasteiger partial charge in [-0.2, -0.15) is 4.52 Å². The first kappa shape index (κ1) is 17.2. The van der Waals surface area contributed by atoms with Crippen LogP contribution in [-0.4, -0.2) is 38.0 Å². The number of aromatic nitrogens is 4. The average molecular weight is 425 g/mol. The Balaban J connectivity index is 1.83. The maximum atomic E-state index is 12.5. The first-order valence-electron chi connectivity index (χ1n) is 7.97. The third-order valence-corrected chi connectivity index (χ3v) is 4.65. The predicted octanol–water partition coefficient (Wildman–Crippen LogP) is 3.65. The fraction of sp³-hybridized carbons (Fsp3) is 0.0526. The van der Waals surface area contributed by atoms with Crippen LogP contribution in [0.3, 0.4) is 0 Å². The van der Waals surface area contributed by atoms with Crippen molar-refractivity contribution >= 4 is 44.3 Å². The number of fused-ring (bicyclic) bond motifs is 3. The van der Waals surface area contributed by atoms with E-state index >= 15 is 0 Å². The van der Waals surface area contributed by atoms with Gasteiger partial charge in [-0.3, -0.25) is 4.79 Å². The zero-order valence-corrected chi connectivity index (χ0v) is 15.7. The number of ketones is 1. The summed E-state index contributed by atoms with van der Waals surface area (Å²) < 4.78 is 7.72. The Bertz CT molecular complexity index is 1220. The minimum atomic E-state index is -0.334. The molecule has 134 valence electrons. The number of aromatic hydroxyl groups is 1. The number of methoxy groups -OCH3 is 1. The van der Waals surface area contributed by atoms with E-state index in [4.69, 9.17) is 4.74 Å². The highest BCUT2D eigenvalue weighted by molar-refractivity contribution is 9.10. The van der Waals surface area contributed by atoms with Crippen LogP contribution in [0.15, 0.2) is 53.0 Å². The molecule has 0 amide bonds. The Morgan fingerprint density at radius 2 is 2.11 bits per heavy atom. The summed E-state index contributed by atoms with van der Waals surface area (Å²) in [4.78, 5) is 12.5. The van der Waals surface area contributed by atoms with Gasteiger partial charge in [0.05, 0.1) is 18.2 Å². The van der Waals surface area contributed by atoms with Crippen molar-refractivity contribution < 1.29 is 14.6 Å². The molecule has 2 aromatic carbocycles. The van der Waals surface area contributed by atoms with E-state index < -0.39 is 0 Å². The van der Waals surface area contributed by atoms with Crippen molar-refractivity contribution in [3.05, 3.63) is 64.1 Å². The third kappa shape index (κ3) is 3.04. The monoisotopic (exact) mass is 424 g/mol. The Labute approximate surface area is 162 Å². The molecule has 0 saturated carbocycles. The largest absolute Gasteiger partial charge is 0.507 e. The van der Waals surface area contributed by atoms with Gasteiger partial charge in [0.25, 0.3) is 0 Å². The van der Waals surface area contributed by atoms with Crippen LogP contribution in [0.1, 0.15) is 15.9 Å². The van der Waals surface area contributed by atoms with Crippen LogP contribution in [0.5, 0.6) is 11.5 Å². The average Bonchev–Trinajstić information content (AvgIpc) is 3.17. The number of carbonyl (C=O) groups is 1. The van der Waals surface area contributed by atoms with Gasteiger partial charge in [0, 0.05) is 15.4 Å². The predicted molar refractivity (Wildman–Crippen MR) is 104 cm³/mol. The summed E-state index contributed by atoms with van der Waals surface area (Å²) in [7, 11) is 1.59. The molecule has 0 bridgehead atoms. The first-order valence-corrected chi connectivity index (χ1v) is 8.76. The molecule has 4 rings (SSSR count). The molecular formula is C19H13BrN4O3. The lowest BCUT2D eigenvalue weighted by Crippen LogP contribution is -1.97. The molecule has 0 aliphatic carbocycles. The number of nitrogens with zero attached hydrogens (tertiary/aromatic N) is 4. The Kier molecular flexibility index (Phi) is 4.33. The minimum absolute atomic E-state index is 0.0812. The number of tetrazole rings is 1. The lowest BCUT2D eigenvalue weighted by molar-refractivity contribution is 0.104. The highest BCUT2D eigenvalue weighted by atomic mass is 79.9. The zero-order chi connectivity index (χ0) is 19.0. The number of pyridine rings is 1. The van der Waals surface area contributed by atoms with Crippen LogP contribution >= 0.6 is 15.9 Å². The fourth-order valence-corrected chi connectivity index (χ4v) is 3.23. The van der Waals surface area contributed by atoms with Crippen molar-refractivity contribution in [2.75, 3.05) is 7.11 Å². The van der Waals surface area contributed by atoms with Crippen molar-refractivity contribution in [1.82, 2.24) is 20.0 Å². The van der Waals surface area contributed by atoms with Gasteiger partial charge in [-0.1, -0.05) is 22.0 Å². The maximum Gasteiger partial charge on any atom is 0.189 e. The van der Waals surface area contributed by atoms with Crippen LogP contribution in [0.25, 0.3) is 22.6 Å². The number of hydrogen-bond donors (Lipinski definition) is 1. The summed E-state index contributed by atoms with van der Waals surface area (Å²) in [6.45, 7) is 0. The number of halogens is 1. The molecule has 0 atom stereocenters. The second kappa shape index (κ2) is 6.81. The summed E-state index contributed by atoms with van der Waals surface area (Å²) in [5.41, 5.74) is 2.16. The van der Waals surface area contributed by atoms with E-state index in [1.54, 1.807) is 29.8 Å². The standard InChI is InChI=1S/C19H13BrN4O3/c1-27-18-4-2-3-15-13(18)9-11(19-21-22-23-24(15)19)5-7-16(25)14-10-12(20)6-8-17(14)26/h2-10,26H,1H3/b7-5+. The summed E-state index contributed by atoms with van der Waals surface area (Å²) >= 11 is 3.30. The van der Waals surface area contributed by atoms with E-state index in [0.717, 1.165) is 10.9 Å². The molecule has 0 aliphatic rings. The van der Waals surface area contributed by atoms with Crippen LogP contribution in [0, 0.1) is 0 Å². The van der Waals surface area contributed by atoms with E-state index in [2.05, 4.69) is 31.5 Å². The number of phenolic OH excluding ortho intramolecular Hbond substituents is 1. The van der Waals surface area contributed by atoms with E-state index in [9.17, 15) is 9.90 Å². The van der Waals surface area contributed by atoms with Gasteiger partial charge in [0.2, 0.25) is 0 Å². The molecule has 0 aliphatic heterocycles. The van der Waals surface area contributed by atoms with Gasteiger partial charge < -0.3 is 9.84 Å². The highest BCUT2D eigenvalue weighted by Gasteiger charge is 2.13. The summed E-state index contributed by atoms with van der Waals surface area (Å²) in [6.07, 6.45) is 3.01. The molecule has 7 nitrogen and oxygen atoms in total. The first-order chi connectivity index (χ1) is 13.1. The molecular weight excluding hydrogens is 412 g/mol. The van der Waals surface area contributed by atoms with Gasteiger partial charge in [0.15, 0.2) is 11.4 Å². The fourth-order valence-electron chi connectivity index (χ4n) is 2.87. The molecule has 0 spiro atoms. The number of hydrogen-bond acceptors (Lipinski definition) is 6. The molecule has 8 heteroatoms. The van der Waals surface area contributed by atoms with Crippen LogP contribution < -0.4 is 4.74 Å². The van der Waals surface area contributed by atoms with Crippen LogP contribution in [0.4, 0.5) is 0 Å². The molecule has 0 fully saturated rings. The molecule has 0 unspecified atom stereocenters. The lowest BCUT2D eigenvalue weighted by atomic mass is 10.1. The number of benzene rings is 2. The lowest BCUT2D eigenvalue weighted by Gasteiger charge is -2.07. The number of carbonyl (C=O) groups excluding carboxylic acids is 1. The normalized spacial score (nSPS) is 11.5. The summed E-state index contributed by atoms with van der Waals surface area (Å²) in [5, 5.41) is 22.6. The van der Waals surface area contributed by atoms with Crippen molar-refractivity contribution in [2.24, 2.45) is 0 Å². The Morgan fingerprint density at radius 1 is 1.26 bits per heavy atom. The third-order valence-electron chi connectivity index (χ3n) is 4.16. The Hall–Kier alpha value is -3.26. The molecule has 0 saturated heterocycles. The van der Waals surface area contributed by atoms with Gasteiger partial charge in [-0.25, -0.2) is 0 Å². The second-order valence-corrected chi connectivity index (χ2v) is 6.68. The number of phenols is 1. The molecule has 4 aromatic rings. The van der Waals surface area contributed by atoms with E-state index in [1.807, 2.05) is 24.3 Å². The molecule has 1 N–H and O–H groups in total. The van der Waals surface area contributed by atoms with Crippen molar-refractivity contribution in [3.8, 4) is 11.5 Å². The van der Waals surface area contributed by atoms with Crippen molar-refractivity contribution in [3.63, 3.8) is 0 Å². The topological polar surface area (TPSA) is 89.6 Å². The quantitative estimate of drug-likeness (QED) is 0.397. The van der Waals surface area contributed by atoms with Gasteiger partial charge in [0.1, 0.15) is 11.5 Å². The van der Waals surface area contributed by atoms with E-state index in [0.29, 0.717) is 21.4 Å². The highest BCUT2D eigenvalue weighted by Crippen LogP contribution is 2.28. The molecule has 0 radical (unpaired) electrons. The number of ether oxygens (including phenoxy) is 1. The van der Waals surface area contributed by atoms with Gasteiger partial charge in [-0.15, -0.1) is 5.10 Å². The second-order valence-electron chi connectivity index (χ2n) is 5.77. The minimum Gasteiger partial charge on any atom is -0.507 e. The van der Waals surface area contributed by atoms with Crippen LogP contribution in [-0.2, 0) is 0 Å².